The maximum atomic E-state index is 12.2. The summed E-state index contributed by atoms with van der Waals surface area (Å²) in [5, 5.41) is 0. The Bertz CT molecular complexity index is 2030. The summed E-state index contributed by atoms with van der Waals surface area (Å²) < 4.78 is 95.3. The Morgan fingerprint density at radius 2 is 0.966 bits per heavy atom. The van der Waals surface area contributed by atoms with Crippen LogP contribution in [0.5, 0.6) is 0 Å². The highest BCUT2D eigenvalue weighted by Gasteiger charge is 2.51. The van der Waals surface area contributed by atoms with Gasteiger partial charge in [0, 0.05) is 53.7 Å². The van der Waals surface area contributed by atoms with Gasteiger partial charge in [-0.2, -0.15) is 21.6 Å². The minimum absolute atomic E-state index is 0.0174. The predicted molar refractivity (Wildman–Crippen MR) is 214 cm³/mol. The highest BCUT2D eigenvalue weighted by Crippen LogP contribution is 2.31. The van der Waals surface area contributed by atoms with Crippen molar-refractivity contribution in [1.82, 2.24) is 8.61 Å². The molecule has 58 heavy (non-hydrogen) atoms. The summed E-state index contributed by atoms with van der Waals surface area (Å²) in [6.07, 6.45) is -0.467. The third kappa shape index (κ3) is 13.4. The van der Waals surface area contributed by atoms with E-state index in [1.54, 1.807) is 0 Å². The first-order valence-electron chi connectivity index (χ1n) is 17.1. The Morgan fingerprint density at radius 3 is 1.29 bits per heavy atom. The number of hydrogen-bond donors (Lipinski definition) is 0. The molecule has 0 fully saturated rings. The zero-order chi connectivity index (χ0) is 43.4. The molecule has 0 radical (unpaired) electrons. The summed E-state index contributed by atoms with van der Waals surface area (Å²) in [5.74, 6) is -3.87. The number of hydrogen-bond acceptors (Lipinski definition) is 9. The minimum atomic E-state index is -6.12. The van der Waals surface area contributed by atoms with Crippen LogP contribution in [0.1, 0.15) is 29.2 Å². The van der Waals surface area contributed by atoms with Gasteiger partial charge in [-0.3, -0.25) is 13.9 Å². The predicted octanol–water partition coefficient (Wildman–Crippen LogP) is 8.80. The number of amides is 2. The van der Waals surface area contributed by atoms with Gasteiger partial charge in [0.25, 0.3) is 0 Å². The normalized spacial score (nSPS) is 12.4. The van der Waals surface area contributed by atoms with Crippen molar-refractivity contribution in [1.29, 1.82) is 0 Å². The van der Waals surface area contributed by atoms with Gasteiger partial charge in [-0.15, -0.1) is 22.4 Å². The number of allylic oxidation sites excluding steroid dienone is 2. The molecule has 0 saturated carbocycles. The molecule has 312 valence electrons. The van der Waals surface area contributed by atoms with E-state index in [-0.39, 0.29) is 17.3 Å². The number of nitrogens with zero attached hydrogens (tertiary/aromatic N) is 4. The zero-order valence-corrected chi connectivity index (χ0v) is 34.1. The van der Waals surface area contributed by atoms with E-state index in [0.717, 1.165) is 0 Å². The van der Waals surface area contributed by atoms with E-state index in [1.807, 2.05) is 0 Å². The van der Waals surface area contributed by atoms with Crippen molar-refractivity contribution >= 4 is 56.6 Å². The molecule has 0 bridgehead atoms. The van der Waals surface area contributed by atoms with E-state index in [4.69, 9.17) is 0 Å². The second kappa shape index (κ2) is 20.4. The van der Waals surface area contributed by atoms with Gasteiger partial charge >= 0.3 is 33.7 Å². The van der Waals surface area contributed by atoms with Gasteiger partial charge in [0.1, 0.15) is 0 Å². The summed E-state index contributed by atoms with van der Waals surface area (Å²) in [4.78, 5) is 29.6. The first kappa shape index (κ1) is 47.1. The highest BCUT2D eigenvalue weighted by atomic mass is 32.2. The van der Waals surface area contributed by atoms with Crippen LogP contribution in [0.4, 0.5) is 37.7 Å². The summed E-state index contributed by atoms with van der Waals surface area (Å²) >= 11 is -0.507. The van der Waals surface area contributed by atoms with Crippen LogP contribution in [0.25, 0.3) is 11.1 Å². The van der Waals surface area contributed by atoms with Crippen molar-refractivity contribution in [2.24, 2.45) is 5.92 Å². The first-order valence-corrected chi connectivity index (χ1v) is 19.2. The quantitative estimate of drug-likeness (QED) is 0.0346. The van der Waals surface area contributed by atoms with Crippen LogP contribution in [-0.4, -0.2) is 83.0 Å². The SMILES string of the molecule is CC(/C=C(/c1ccccc1)c1ccc(N(C)C)cc1)/C=C(/c1ccccc1)c1ccc(N(C)C)cc1.CN(SOOC(F)(F)F)C(=O)C(=O)N(C)S(=O)(=O)C(F)(F)F. The van der Waals surface area contributed by atoms with Gasteiger partial charge < -0.3 is 9.80 Å². The van der Waals surface area contributed by atoms with Crippen LogP contribution in [0.3, 0.4) is 0 Å². The van der Waals surface area contributed by atoms with E-state index in [2.05, 4.69) is 175 Å². The summed E-state index contributed by atoms with van der Waals surface area (Å²) in [7, 11) is 2.95. The fourth-order valence-corrected chi connectivity index (χ4v) is 6.02. The van der Waals surface area contributed by atoms with E-state index in [9.17, 15) is 44.3 Å². The van der Waals surface area contributed by atoms with E-state index in [0.29, 0.717) is 7.05 Å². The molecule has 0 aliphatic heterocycles. The smallest absolute Gasteiger partial charge is 0.378 e. The molecule has 0 N–H and O–H groups in total. The third-order valence-corrected chi connectivity index (χ3v) is 10.1. The molecule has 0 aliphatic rings. The largest absolute Gasteiger partial charge is 0.550 e. The number of anilines is 2. The fourth-order valence-electron chi connectivity index (χ4n) is 5.07. The molecule has 10 nitrogen and oxygen atoms in total. The number of alkyl halides is 6. The summed E-state index contributed by atoms with van der Waals surface area (Å²) in [6.45, 7) is 2.27. The van der Waals surface area contributed by atoms with Crippen LogP contribution in [0.2, 0.25) is 0 Å². The van der Waals surface area contributed by atoms with Gasteiger partial charge in [-0.25, -0.2) is 4.31 Å². The first-order chi connectivity index (χ1) is 27.0. The van der Waals surface area contributed by atoms with Crippen LogP contribution >= 0.6 is 12.2 Å². The fraction of sp³-hybridized carbons (Fsp3) is 0.250. The maximum Gasteiger partial charge on any atom is 0.550 e. The monoisotopic (exact) mass is 852 g/mol. The number of benzene rings is 4. The topological polar surface area (TPSA) is 99.7 Å². The van der Waals surface area contributed by atoms with Gasteiger partial charge in [-0.05, 0) is 63.6 Å². The molecule has 0 atom stereocenters. The van der Waals surface area contributed by atoms with Crippen molar-refractivity contribution in [3.63, 3.8) is 0 Å². The van der Waals surface area contributed by atoms with Crippen LogP contribution in [-0.2, 0) is 28.8 Å². The van der Waals surface area contributed by atoms with E-state index >= 15 is 0 Å². The molecular formula is C40H42F6N4O6S2. The molecule has 0 spiro atoms. The number of halogens is 6. The second-order valence-corrected chi connectivity index (χ2v) is 15.6. The molecule has 4 rings (SSSR count). The molecule has 2 amide bonds. The van der Waals surface area contributed by atoms with Gasteiger partial charge in [0.05, 0.1) is 0 Å². The molecule has 0 saturated heterocycles. The molecule has 0 heterocycles. The molecular weight excluding hydrogens is 811 g/mol. The maximum absolute atomic E-state index is 12.2. The standard InChI is InChI=1S/C34H36N2.C6H6F6N2O6S2/c1-26(24-33(27-12-8-6-9-13-27)29-16-20-31(21-17-29)35(2)3)25-34(28-14-10-7-11-15-28)30-18-22-32(23-19-30)36(4)5;1-13(21-20-19-5(7,8)9)3(15)4(16)14(2)22(17,18)6(10,11)12/h6-26H,1-5H3;1-2H3/b33-24-,34-25-;. The number of carbonyl (C=O) groups excluding carboxylic acids is 2. The number of carbonyl (C=O) groups is 2. The average Bonchev–Trinajstić information content (AvgIpc) is 3.18. The Morgan fingerprint density at radius 1 is 0.603 bits per heavy atom. The number of sulfonamides is 1. The van der Waals surface area contributed by atoms with Crippen molar-refractivity contribution in [3.05, 3.63) is 144 Å². The van der Waals surface area contributed by atoms with Crippen LogP contribution in [0.15, 0.2) is 121 Å². The van der Waals surface area contributed by atoms with Crippen molar-refractivity contribution in [2.75, 3.05) is 52.1 Å². The zero-order valence-electron chi connectivity index (χ0n) is 32.4. The Balaban J connectivity index is 0.000000353. The second-order valence-electron chi connectivity index (χ2n) is 12.8. The number of rotatable bonds is 12. The van der Waals surface area contributed by atoms with Crippen molar-refractivity contribution in [3.8, 4) is 0 Å². The summed E-state index contributed by atoms with van der Waals surface area (Å²) in [5.41, 5.74) is 3.96. The van der Waals surface area contributed by atoms with Gasteiger partial charge in [-0.1, -0.05) is 104 Å². The Kier molecular flexibility index (Phi) is 16.6. The summed E-state index contributed by atoms with van der Waals surface area (Å²) in [6, 6.07) is 39.0. The molecule has 0 unspecified atom stereocenters. The highest BCUT2D eigenvalue weighted by molar-refractivity contribution is 7.93. The minimum Gasteiger partial charge on any atom is -0.378 e. The lowest BCUT2D eigenvalue weighted by Crippen LogP contribution is -2.47. The molecule has 4 aromatic rings. The molecule has 4 aromatic carbocycles. The lowest BCUT2D eigenvalue weighted by Gasteiger charge is -2.20. The Hall–Kier alpha value is -5.30. The molecule has 0 aromatic heterocycles. The van der Waals surface area contributed by atoms with Crippen molar-refractivity contribution in [2.45, 2.75) is 18.8 Å². The van der Waals surface area contributed by atoms with Crippen molar-refractivity contribution < 1.29 is 53.6 Å². The van der Waals surface area contributed by atoms with E-state index < -0.39 is 50.2 Å². The van der Waals surface area contributed by atoms with Crippen LogP contribution < -0.4 is 9.80 Å². The molecule has 18 heteroatoms. The lowest BCUT2D eigenvalue weighted by atomic mass is 9.90. The number of likely N-dealkylation sites (N-methyl/N-ethyl adjacent to an activating group) is 2. The third-order valence-electron chi connectivity index (χ3n) is 8.10. The van der Waals surface area contributed by atoms with Crippen LogP contribution in [0, 0.1) is 5.92 Å². The van der Waals surface area contributed by atoms with Gasteiger partial charge in [0.2, 0.25) is 0 Å². The Labute approximate surface area is 338 Å². The molecule has 0 aliphatic carbocycles. The van der Waals surface area contributed by atoms with Gasteiger partial charge in [0.15, 0.2) is 12.2 Å². The average molecular weight is 853 g/mol. The van der Waals surface area contributed by atoms with E-state index in [1.165, 1.54) is 44.8 Å². The lowest BCUT2D eigenvalue weighted by molar-refractivity contribution is -0.440.